The largest absolute Gasteiger partial charge is 0.377 e. The molecule has 1 aromatic carbocycles. The van der Waals surface area contributed by atoms with Gasteiger partial charge in [0.2, 0.25) is 5.95 Å². The van der Waals surface area contributed by atoms with Crippen molar-refractivity contribution in [2.45, 2.75) is 64.8 Å². The predicted molar refractivity (Wildman–Crippen MR) is 154 cm³/mol. The van der Waals surface area contributed by atoms with E-state index in [1.165, 1.54) is 12.1 Å². The van der Waals surface area contributed by atoms with Crippen LogP contribution in [0, 0.1) is 24.6 Å². The van der Waals surface area contributed by atoms with Crippen LogP contribution in [0.3, 0.4) is 0 Å². The number of likely N-dealkylation sites (tertiary alicyclic amines) is 1. The zero-order valence-corrected chi connectivity index (χ0v) is 24.8. The Morgan fingerprint density at radius 1 is 1.10 bits per heavy atom. The number of morpholine rings is 1. The highest BCUT2D eigenvalue weighted by Crippen LogP contribution is 2.38. The zero-order valence-electron chi connectivity index (χ0n) is 24.8. The molecule has 3 fully saturated rings. The average Bonchev–Trinajstić information content (AvgIpc) is 3.56. The fraction of sp³-hybridized carbons (Fsp3) is 0.562. The van der Waals surface area contributed by atoms with Gasteiger partial charge in [-0.2, -0.15) is 4.39 Å². The van der Waals surface area contributed by atoms with Gasteiger partial charge >= 0.3 is 0 Å². The fourth-order valence-electron chi connectivity index (χ4n) is 6.68. The maximum absolute atomic E-state index is 15.3. The Balaban J connectivity index is 1.32. The Hall–Kier alpha value is -2.92. The lowest BCUT2D eigenvalue weighted by molar-refractivity contribution is -0.0564. The molecule has 0 N–H and O–H groups in total. The van der Waals surface area contributed by atoms with Gasteiger partial charge in [-0.3, -0.25) is 9.69 Å². The van der Waals surface area contributed by atoms with Crippen molar-refractivity contribution in [3.05, 3.63) is 59.2 Å². The number of fused-ring (bicyclic) bond motifs is 1. The number of halogens is 2. The number of hydrogen-bond donors (Lipinski definition) is 0. The summed E-state index contributed by atoms with van der Waals surface area (Å²) in [6.45, 7) is 12.5. The number of imidazole rings is 1. The second-order valence-corrected chi connectivity index (χ2v) is 12.2. The van der Waals surface area contributed by atoms with E-state index >= 15 is 4.39 Å². The van der Waals surface area contributed by atoms with Gasteiger partial charge in [0.05, 0.1) is 38.0 Å². The standard InChI is InChI=1S/C32H40F2N4O4/c1-19(2)28(7-8-29-41-11-12-42-29)36-15-23(16-36)22-13-26(30-31(34)35-21(4)38(30)17-22)25-6-5-24(33)14-27(25)32(39)37-9-10-40-18-20(37)3/h5-6,13-14,17,19-20,23,28-29H,7-12,15-16,18H2,1-4H3/t20-,28?/m1/s1. The molecule has 3 aromatic rings. The van der Waals surface area contributed by atoms with Crippen molar-refractivity contribution in [3.8, 4) is 11.1 Å². The number of carbonyl (C=O) groups excluding carboxylic acids is 1. The van der Waals surface area contributed by atoms with Gasteiger partial charge in [0.1, 0.15) is 17.2 Å². The van der Waals surface area contributed by atoms with Crippen LogP contribution in [0.5, 0.6) is 0 Å². The van der Waals surface area contributed by atoms with Gasteiger partial charge < -0.3 is 23.5 Å². The summed E-state index contributed by atoms with van der Waals surface area (Å²) in [4.78, 5) is 22.1. The summed E-state index contributed by atoms with van der Waals surface area (Å²) in [5.41, 5.74) is 2.59. The second-order valence-electron chi connectivity index (χ2n) is 12.2. The highest BCUT2D eigenvalue weighted by Gasteiger charge is 2.36. The molecule has 226 valence electrons. The summed E-state index contributed by atoms with van der Waals surface area (Å²) in [6, 6.07) is 6.41. The van der Waals surface area contributed by atoms with Gasteiger partial charge in [-0.15, -0.1) is 0 Å². The van der Waals surface area contributed by atoms with E-state index in [-0.39, 0.29) is 29.7 Å². The molecule has 3 aliphatic heterocycles. The molecule has 1 amide bonds. The molecule has 0 aliphatic carbocycles. The summed E-state index contributed by atoms with van der Waals surface area (Å²) in [5.74, 6) is -0.172. The van der Waals surface area contributed by atoms with E-state index in [0.29, 0.717) is 67.4 Å². The van der Waals surface area contributed by atoms with Crippen LogP contribution in [0.25, 0.3) is 16.6 Å². The van der Waals surface area contributed by atoms with Crippen molar-refractivity contribution in [2.24, 2.45) is 5.92 Å². The Morgan fingerprint density at radius 2 is 1.86 bits per heavy atom. The highest BCUT2D eigenvalue weighted by molar-refractivity contribution is 6.03. The number of pyridine rings is 1. The molecule has 0 radical (unpaired) electrons. The van der Waals surface area contributed by atoms with Gasteiger partial charge in [-0.05, 0) is 61.9 Å². The topological polar surface area (TPSA) is 68.5 Å². The number of carbonyl (C=O) groups is 1. The van der Waals surface area contributed by atoms with Crippen LogP contribution in [0.15, 0.2) is 30.5 Å². The maximum atomic E-state index is 15.3. The third kappa shape index (κ3) is 5.57. The summed E-state index contributed by atoms with van der Waals surface area (Å²) in [5, 5.41) is 0. The first-order chi connectivity index (χ1) is 20.2. The smallest absolute Gasteiger partial charge is 0.254 e. The van der Waals surface area contributed by atoms with Crippen molar-refractivity contribution in [1.29, 1.82) is 0 Å². The Kier molecular flexibility index (Phi) is 8.33. The number of aromatic nitrogens is 2. The summed E-state index contributed by atoms with van der Waals surface area (Å²) < 4.78 is 48.5. The van der Waals surface area contributed by atoms with Gasteiger partial charge in [-0.1, -0.05) is 19.9 Å². The van der Waals surface area contributed by atoms with Gasteiger partial charge in [0, 0.05) is 43.4 Å². The molecule has 6 rings (SSSR count). The molecule has 10 heteroatoms. The van der Waals surface area contributed by atoms with Crippen LogP contribution < -0.4 is 0 Å². The van der Waals surface area contributed by atoms with Crippen LogP contribution in [-0.4, -0.2) is 89.5 Å². The molecule has 0 saturated carbocycles. The van der Waals surface area contributed by atoms with Crippen molar-refractivity contribution in [2.75, 3.05) is 46.1 Å². The van der Waals surface area contributed by atoms with Gasteiger partial charge in [0.25, 0.3) is 5.91 Å². The number of rotatable bonds is 8. The molecule has 3 saturated heterocycles. The average molecular weight is 583 g/mol. The van der Waals surface area contributed by atoms with Crippen LogP contribution in [0.2, 0.25) is 0 Å². The summed E-state index contributed by atoms with van der Waals surface area (Å²) in [7, 11) is 0. The third-order valence-corrected chi connectivity index (χ3v) is 9.03. The molecular formula is C32H40F2N4O4. The lowest BCUT2D eigenvalue weighted by atomic mass is 9.85. The minimum Gasteiger partial charge on any atom is -0.377 e. The van der Waals surface area contributed by atoms with Crippen LogP contribution >= 0.6 is 0 Å². The first kappa shape index (κ1) is 29.2. The number of ether oxygens (including phenoxy) is 3. The van der Waals surface area contributed by atoms with Gasteiger partial charge in [-0.25, -0.2) is 9.37 Å². The maximum Gasteiger partial charge on any atom is 0.254 e. The lowest BCUT2D eigenvalue weighted by Gasteiger charge is -2.46. The van der Waals surface area contributed by atoms with Gasteiger partial charge in [0.15, 0.2) is 6.29 Å². The first-order valence-electron chi connectivity index (χ1n) is 15.0. The predicted octanol–water partition coefficient (Wildman–Crippen LogP) is 5.03. The SMILES string of the molecule is Cc1nc(F)c2c(-c3ccc(F)cc3C(=O)N3CCOC[C@H]3C)cc(C3CN(C(CCC4OCCO4)C(C)C)C3)cn12. The fourth-order valence-corrected chi connectivity index (χ4v) is 6.68. The molecule has 5 heterocycles. The van der Waals surface area contributed by atoms with Crippen molar-refractivity contribution in [3.63, 3.8) is 0 Å². The number of amides is 1. The number of hydrogen-bond acceptors (Lipinski definition) is 6. The van der Waals surface area contributed by atoms with Crippen LogP contribution in [-0.2, 0) is 14.2 Å². The van der Waals surface area contributed by atoms with E-state index in [1.807, 2.05) is 19.2 Å². The quantitative estimate of drug-likeness (QED) is 0.372. The molecule has 0 bridgehead atoms. The molecule has 3 aliphatic rings. The van der Waals surface area contributed by atoms with E-state index in [2.05, 4.69) is 23.7 Å². The number of aryl methyl sites for hydroxylation is 1. The minimum absolute atomic E-state index is 0.111. The normalized spacial score (nSPS) is 21.4. The zero-order chi connectivity index (χ0) is 29.5. The number of nitrogens with zero attached hydrogens (tertiary/aromatic N) is 4. The van der Waals surface area contributed by atoms with Crippen LogP contribution in [0.4, 0.5) is 8.78 Å². The van der Waals surface area contributed by atoms with E-state index in [1.54, 1.807) is 22.3 Å². The second kappa shape index (κ2) is 12.0. The first-order valence-corrected chi connectivity index (χ1v) is 15.0. The van der Waals surface area contributed by atoms with Crippen molar-refractivity contribution < 1.29 is 27.8 Å². The molecule has 1 unspecified atom stereocenters. The Morgan fingerprint density at radius 3 is 2.57 bits per heavy atom. The molecule has 2 aromatic heterocycles. The van der Waals surface area contributed by atoms with Crippen molar-refractivity contribution in [1.82, 2.24) is 19.2 Å². The van der Waals surface area contributed by atoms with E-state index in [4.69, 9.17) is 14.2 Å². The summed E-state index contributed by atoms with van der Waals surface area (Å²) in [6.07, 6.45) is 3.72. The Bertz CT molecular complexity index is 1450. The minimum atomic E-state index is -0.608. The Labute approximate surface area is 245 Å². The monoisotopic (exact) mass is 582 g/mol. The third-order valence-electron chi connectivity index (χ3n) is 9.03. The molecule has 2 atom stereocenters. The molecular weight excluding hydrogens is 542 g/mol. The number of benzene rings is 1. The summed E-state index contributed by atoms with van der Waals surface area (Å²) >= 11 is 0. The van der Waals surface area contributed by atoms with E-state index in [0.717, 1.165) is 31.5 Å². The van der Waals surface area contributed by atoms with E-state index in [9.17, 15) is 9.18 Å². The molecule has 42 heavy (non-hydrogen) atoms. The van der Waals surface area contributed by atoms with Crippen molar-refractivity contribution >= 4 is 11.4 Å². The molecule has 8 nitrogen and oxygen atoms in total. The molecule has 0 spiro atoms. The van der Waals surface area contributed by atoms with E-state index < -0.39 is 11.8 Å². The lowest BCUT2D eigenvalue weighted by Crippen LogP contribution is -2.52. The highest BCUT2D eigenvalue weighted by atomic mass is 19.1. The van der Waals surface area contributed by atoms with Crippen LogP contribution in [0.1, 0.15) is 61.3 Å².